The van der Waals surface area contributed by atoms with Gasteiger partial charge in [0, 0.05) is 44.0 Å². The molecule has 1 aromatic carbocycles. The van der Waals surface area contributed by atoms with Crippen LogP contribution >= 0.6 is 0 Å². The van der Waals surface area contributed by atoms with Gasteiger partial charge in [0.1, 0.15) is 17.3 Å². The zero-order valence-corrected chi connectivity index (χ0v) is 18.9. The Morgan fingerprint density at radius 3 is 2.50 bits per heavy atom. The van der Waals surface area contributed by atoms with Crippen LogP contribution in [0, 0.1) is 12.8 Å². The number of hydrogen-bond donors (Lipinski definition) is 2. The molecule has 0 aliphatic heterocycles. The van der Waals surface area contributed by atoms with E-state index < -0.39 is 0 Å². The first-order valence-corrected chi connectivity index (χ1v) is 10.7. The molecule has 2 aromatic rings. The predicted octanol–water partition coefficient (Wildman–Crippen LogP) is 3.63. The number of benzene rings is 1. The average molecular weight is 414 g/mol. The van der Waals surface area contributed by atoms with E-state index in [-0.39, 0.29) is 0 Å². The van der Waals surface area contributed by atoms with Crippen LogP contribution in [0.4, 0.5) is 11.8 Å². The number of anilines is 2. The molecule has 0 amide bonds. The molecule has 0 bridgehead atoms. The highest BCUT2D eigenvalue weighted by atomic mass is 16.5. The minimum atomic E-state index is 0.447. The van der Waals surface area contributed by atoms with E-state index in [1.165, 1.54) is 18.4 Å². The third-order valence-corrected chi connectivity index (χ3v) is 5.89. The van der Waals surface area contributed by atoms with Gasteiger partial charge in [0.2, 0.25) is 5.95 Å². The standard InChI is InChI=1S/C23H35N5O2/c1-16-20(29-4)11-8-18(22(16)30-5)15-24-14-17-6-9-19(10-7-17)26-23-25-13-12-21(27-23)28(2)3/h8,11-13,17,19,24H,6-7,9-10,14-15H2,1-5H3,(H,25,26,27). The lowest BCUT2D eigenvalue weighted by Gasteiger charge is -2.29. The van der Waals surface area contributed by atoms with E-state index >= 15 is 0 Å². The highest BCUT2D eigenvalue weighted by molar-refractivity contribution is 5.49. The number of hydrogen-bond acceptors (Lipinski definition) is 7. The number of nitrogens with zero attached hydrogens (tertiary/aromatic N) is 3. The molecule has 7 nitrogen and oxygen atoms in total. The maximum absolute atomic E-state index is 5.61. The van der Waals surface area contributed by atoms with Crippen LogP contribution in [0.15, 0.2) is 24.4 Å². The van der Waals surface area contributed by atoms with Crippen molar-refractivity contribution in [2.75, 3.05) is 45.1 Å². The molecule has 0 atom stereocenters. The van der Waals surface area contributed by atoms with Gasteiger partial charge < -0.3 is 25.0 Å². The first-order chi connectivity index (χ1) is 14.5. The van der Waals surface area contributed by atoms with E-state index in [4.69, 9.17) is 9.47 Å². The van der Waals surface area contributed by atoms with Gasteiger partial charge in [0.15, 0.2) is 0 Å². The van der Waals surface area contributed by atoms with Crippen LogP contribution in [-0.4, -0.2) is 50.9 Å². The predicted molar refractivity (Wildman–Crippen MR) is 122 cm³/mol. The number of nitrogens with one attached hydrogen (secondary N) is 2. The van der Waals surface area contributed by atoms with E-state index in [0.717, 1.165) is 54.8 Å². The van der Waals surface area contributed by atoms with Crippen molar-refractivity contribution < 1.29 is 9.47 Å². The molecule has 1 fully saturated rings. The van der Waals surface area contributed by atoms with Crippen LogP contribution in [0.2, 0.25) is 0 Å². The SMILES string of the molecule is COc1ccc(CNCC2CCC(Nc3nccc(N(C)C)n3)CC2)c(OC)c1C. The Morgan fingerprint density at radius 1 is 1.07 bits per heavy atom. The molecule has 0 radical (unpaired) electrons. The summed E-state index contributed by atoms with van der Waals surface area (Å²) >= 11 is 0. The van der Waals surface area contributed by atoms with Crippen LogP contribution in [0.3, 0.4) is 0 Å². The molecule has 0 spiro atoms. The molecule has 1 aromatic heterocycles. The molecular formula is C23H35N5O2. The van der Waals surface area contributed by atoms with Crippen molar-refractivity contribution in [2.45, 2.75) is 45.2 Å². The molecule has 1 aliphatic rings. The van der Waals surface area contributed by atoms with Crippen molar-refractivity contribution >= 4 is 11.8 Å². The second-order valence-electron chi connectivity index (χ2n) is 8.21. The van der Waals surface area contributed by atoms with Gasteiger partial charge in [0.05, 0.1) is 14.2 Å². The lowest BCUT2D eigenvalue weighted by molar-refractivity contribution is 0.322. The Bertz CT molecular complexity index is 819. The molecule has 1 aliphatic carbocycles. The first-order valence-electron chi connectivity index (χ1n) is 10.7. The van der Waals surface area contributed by atoms with Crippen LogP contribution in [0.1, 0.15) is 36.8 Å². The highest BCUT2D eigenvalue weighted by Crippen LogP contribution is 2.31. The van der Waals surface area contributed by atoms with Gasteiger partial charge in [-0.1, -0.05) is 6.07 Å². The van der Waals surface area contributed by atoms with Gasteiger partial charge in [-0.15, -0.1) is 0 Å². The molecule has 2 N–H and O–H groups in total. The molecule has 1 saturated carbocycles. The maximum Gasteiger partial charge on any atom is 0.224 e. The summed E-state index contributed by atoms with van der Waals surface area (Å²) in [7, 11) is 7.40. The summed E-state index contributed by atoms with van der Waals surface area (Å²) in [5.74, 6) is 4.12. The van der Waals surface area contributed by atoms with Crippen molar-refractivity contribution in [3.05, 3.63) is 35.5 Å². The van der Waals surface area contributed by atoms with Gasteiger partial charge in [-0.05, 0) is 57.2 Å². The fraction of sp³-hybridized carbons (Fsp3) is 0.565. The summed E-state index contributed by atoms with van der Waals surface area (Å²) in [6, 6.07) is 6.47. The van der Waals surface area contributed by atoms with Crippen molar-refractivity contribution in [2.24, 2.45) is 5.92 Å². The number of rotatable bonds is 9. The van der Waals surface area contributed by atoms with Gasteiger partial charge >= 0.3 is 0 Å². The summed E-state index contributed by atoms with van der Waals surface area (Å²) < 4.78 is 11.0. The zero-order chi connectivity index (χ0) is 21.5. The lowest BCUT2D eigenvalue weighted by atomic mass is 9.86. The van der Waals surface area contributed by atoms with E-state index in [2.05, 4.69) is 26.7 Å². The lowest BCUT2D eigenvalue weighted by Crippen LogP contribution is -2.31. The Kier molecular flexibility index (Phi) is 7.74. The summed E-state index contributed by atoms with van der Waals surface area (Å²) in [5, 5.41) is 7.14. The molecular weight excluding hydrogens is 378 g/mol. The van der Waals surface area contributed by atoms with Crippen molar-refractivity contribution in [3.8, 4) is 11.5 Å². The van der Waals surface area contributed by atoms with Gasteiger partial charge in [0.25, 0.3) is 0 Å². The smallest absolute Gasteiger partial charge is 0.224 e. The number of aromatic nitrogens is 2. The number of ether oxygens (including phenoxy) is 2. The second-order valence-corrected chi connectivity index (χ2v) is 8.21. The molecule has 164 valence electrons. The fourth-order valence-corrected chi connectivity index (χ4v) is 4.15. The van der Waals surface area contributed by atoms with Crippen molar-refractivity contribution in [1.82, 2.24) is 15.3 Å². The molecule has 3 rings (SSSR count). The summed E-state index contributed by atoms with van der Waals surface area (Å²) in [6.07, 6.45) is 6.52. The topological polar surface area (TPSA) is 71.5 Å². The summed E-state index contributed by atoms with van der Waals surface area (Å²) in [6.45, 7) is 3.86. The van der Waals surface area contributed by atoms with Gasteiger partial charge in [-0.3, -0.25) is 0 Å². The molecule has 1 heterocycles. The Morgan fingerprint density at radius 2 is 1.83 bits per heavy atom. The molecule has 30 heavy (non-hydrogen) atoms. The summed E-state index contributed by atoms with van der Waals surface area (Å²) in [4.78, 5) is 10.9. The first kappa shape index (κ1) is 22.2. The molecule has 7 heteroatoms. The van der Waals surface area contributed by atoms with E-state index in [0.29, 0.717) is 12.0 Å². The van der Waals surface area contributed by atoms with Crippen molar-refractivity contribution in [3.63, 3.8) is 0 Å². The third kappa shape index (κ3) is 5.53. The van der Waals surface area contributed by atoms with E-state index in [9.17, 15) is 0 Å². The average Bonchev–Trinajstić information content (AvgIpc) is 2.75. The number of methoxy groups -OCH3 is 2. The Labute approximate surface area is 180 Å². The fourth-order valence-electron chi connectivity index (χ4n) is 4.15. The van der Waals surface area contributed by atoms with Crippen molar-refractivity contribution in [1.29, 1.82) is 0 Å². The van der Waals surface area contributed by atoms with E-state index in [1.54, 1.807) is 14.2 Å². The maximum atomic E-state index is 5.61. The monoisotopic (exact) mass is 413 g/mol. The summed E-state index contributed by atoms with van der Waals surface area (Å²) in [5.41, 5.74) is 2.22. The van der Waals surface area contributed by atoms with Crippen LogP contribution < -0.4 is 25.0 Å². The zero-order valence-electron chi connectivity index (χ0n) is 18.9. The Hall–Kier alpha value is -2.54. The molecule has 0 saturated heterocycles. The second kappa shape index (κ2) is 10.5. The minimum absolute atomic E-state index is 0.447. The van der Waals surface area contributed by atoms with Gasteiger partial charge in [-0.2, -0.15) is 4.98 Å². The quantitative estimate of drug-likeness (QED) is 0.650. The minimum Gasteiger partial charge on any atom is -0.496 e. The van der Waals surface area contributed by atoms with Crippen LogP contribution in [-0.2, 0) is 6.54 Å². The van der Waals surface area contributed by atoms with Crippen LogP contribution in [0.5, 0.6) is 11.5 Å². The normalized spacial score (nSPS) is 18.7. The third-order valence-electron chi connectivity index (χ3n) is 5.89. The molecule has 0 unspecified atom stereocenters. The highest BCUT2D eigenvalue weighted by Gasteiger charge is 2.22. The Balaban J connectivity index is 1.44. The van der Waals surface area contributed by atoms with E-state index in [1.807, 2.05) is 44.2 Å². The van der Waals surface area contributed by atoms with Gasteiger partial charge in [-0.25, -0.2) is 4.98 Å². The largest absolute Gasteiger partial charge is 0.496 e. The van der Waals surface area contributed by atoms with Crippen LogP contribution in [0.25, 0.3) is 0 Å².